The monoisotopic (exact) mass is 315 g/mol. The number of nitrogens with one attached hydrogen (secondary N) is 1. The number of esters is 1. The largest absolute Gasteiger partial charge is 0.467 e. The van der Waals surface area contributed by atoms with E-state index in [0.717, 1.165) is 5.56 Å². The highest BCUT2D eigenvalue weighted by atomic mass is 16.5. The molecule has 122 valence electrons. The van der Waals surface area contributed by atoms with Crippen molar-refractivity contribution < 1.29 is 18.7 Å². The van der Waals surface area contributed by atoms with Crippen LogP contribution in [-0.2, 0) is 16.1 Å². The van der Waals surface area contributed by atoms with Crippen LogP contribution in [0.1, 0.15) is 48.4 Å². The fraction of sp³-hybridized carbons (Fsp3) is 0.333. The Morgan fingerprint density at radius 1 is 1.13 bits per heavy atom. The molecule has 2 rings (SSSR count). The predicted molar refractivity (Wildman–Crippen MR) is 86.0 cm³/mol. The summed E-state index contributed by atoms with van der Waals surface area (Å²) < 4.78 is 10.3. The van der Waals surface area contributed by atoms with Gasteiger partial charge in [-0.25, -0.2) is 4.79 Å². The van der Waals surface area contributed by atoms with E-state index in [1.54, 1.807) is 24.3 Å². The quantitative estimate of drug-likeness (QED) is 0.831. The SMILES string of the molecule is CC(C)c1ccc(C(=O)O[C@H](C)C(=O)NCc2ccco2)cc1. The Bertz CT molecular complexity index is 644. The first-order chi connectivity index (χ1) is 11.0. The second-order valence-corrected chi connectivity index (χ2v) is 5.62. The van der Waals surface area contributed by atoms with Gasteiger partial charge >= 0.3 is 5.97 Å². The Hall–Kier alpha value is -2.56. The molecule has 0 aliphatic carbocycles. The van der Waals surface area contributed by atoms with Crippen LogP contribution in [0.25, 0.3) is 0 Å². The summed E-state index contributed by atoms with van der Waals surface area (Å²) in [5.41, 5.74) is 1.57. The van der Waals surface area contributed by atoms with Crippen LogP contribution >= 0.6 is 0 Å². The predicted octanol–water partition coefficient (Wildman–Crippen LogP) is 3.26. The summed E-state index contributed by atoms with van der Waals surface area (Å²) in [7, 11) is 0. The molecule has 0 unspecified atom stereocenters. The fourth-order valence-electron chi connectivity index (χ4n) is 2.02. The molecule has 0 aliphatic rings. The van der Waals surface area contributed by atoms with E-state index < -0.39 is 12.1 Å². The molecule has 0 radical (unpaired) electrons. The summed E-state index contributed by atoms with van der Waals surface area (Å²) in [4.78, 5) is 24.0. The summed E-state index contributed by atoms with van der Waals surface area (Å²) in [6, 6.07) is 10.7. The summed E-state index contributed by atoms with van der Waals surface area (Å²) >= 11 is 0. The first kappa shape index (κ1) is 16.8. The average molecular weight is 315 g/mol. The lowest BCUT2D eigenvalue weighted by Crippen LogP contribution is -2.35. The molecule has 23 heavy (non-hydrogen) atoms. The highest BCUT2D eigenvalue weighted by Crippen LogP contribution is 2.15. The van der Waals surface area contributed by atoms with Gasteiger partial charge in [0.05, 0.1) is 18.4 Å². The van der Waals surface area contributed by atoms with Crippen molar-refractivity contribution in [2.45, 2.75) is 39.3 Å². The normalized spacial score (nSPS) is 12.0. The summed E-state index contributed by atoms with van der Waals surface area (Å²) in [5, 5.41) is 2.66. The van der Waals surface area contributed by atoms with E-state index in [9.17, 15) is 9.59 Å². The van der Waals surface area contributed by atoms with E-state index in [2.05, 4.69) is 19.2 Å². The number of hydrogen-bond donors (Lipinski definition) is 1. The molecule has 1 aromatic carbocycles. The maximum atomic E-state index is 12.1. The molecule has 0 spiro atoms. The molecule has 0 saturated carbocycles. The maximum absolute atomic E-state index is 12.1. The Kier molecular flexibility index (Phi) is 5.57. The molecular formula is C18H21NO4. The highest BCUT2D eigenvalue weighted by molar-refractivity contribution is 5.92. The molecule has 0 saturated heterocycles. The van der Waals surface area contributed by atoms with Crippen LogP contribution in [0.15, 0.2) is 47.1 Å². The first-order valence-corrected chi connectivity index (χ1v) is 7.58. The summed E-state index contributed by atoms with van der Waals surface area (Å²) in [5.74, 6) is 0.155. The van der Waals surface area contributed by atoms with Gasteiger partial charge in [-0.15, -0.1) is 0 Å². The topological polar surface area (TPSA) is 68.5 Å². The van der Waals surface area contributed by atoms with E-state index in [-0.39, 0.29) is 12.5 Å². The second kappa shape index (κ2) is 7.63. The van der Waals surface area contributed by atoms with Crippen LogP contribution in [0, 0.1) is 0 Å². The van der Waals surface area contributed by atoms with Crippen molar-refractivity contribution >= 4 is 11.9 Å². The molecule has 0 bridgehead atoms. The van der Waals surface area contributed by atoms with Crippen LogP contribution in [0.4, 0.5) is 0 Å². The molecule has 0 aliphatic heterocycles. The lowest BCUT2D eigenvalue weighted by atomic mass is 10.0. The maximum Gasteiger partial charge on any atom is 0.338 e. The molecule has 1 amide bonds. The lowest BCUT2D eigenvalue weighted by Gasteiger charge is -2.13. The van der Waals surface area contributed by atoms with Gasteiger partial charge in [0.25, 0.3) is 5.91 Å². The molecule has 5 heteroatoms. The minimum Gasteiger partial charge on any atom is -0.467 e. The zero-order chi connectivity index (χ0) is 16.8. The van der Waals surface area contributed by atoms with Gasteiger partial charge in [0.2, 0.25) is 0 Å². The molecule has 1 aromatic heterocycles. The number of ether oxygens (including phenoxy) is 1. The smallest absolute Gasteiger partial charge is 0.338 e. The van der Waals surface area contributed by atoms with Gasteiger partial charge in [-0.3, -0.25) is 4.79 Å². The third-order valence-corrected chi connectivity index (χ3v) is 3.48. The summed E-state index contributed by atoms with van der Waals surface area (Å²) in [6.07, 6.45) is 0.661. The zero-order valence-electron chi connectivity index (χ0n) is 13.5. The minimum absolute atomic E-state index is 0.261. The van der Waals surface area contributed by atoms with Gasteiger partial charge in [-0.1, -0.05) is 26.0 Å². The van der Waals surface area contributed by atoms with Crippen molar-refractivity contribution in [3.05, 3.63) is 59.5 Å². The number of furan rings is 1. The third-order valence-electron chi connectivity index (χ3n) is 3.48. The molecule has 1 heterocycles. The Balaban J connectivity index is 1.87. The molecule has 2 aromatic rings. The van der Waals surface area contributed by atoms with Crippen LogP contribution in [-0.4, -0.2) is 18.0 Å². The standard InChI is InChI=1S/C18H21NO4/c1-12(2)14-6-8-15(9-7-14)18(21)23-13(3)17(20)19-11-16-5-4-10-22-16/h4-10,12-13H,11H2,1-3H3,(H,19,20)/t13-/m1/s1. The van der Waals surface area contributed by atoms with Crippen LogP contribution in [0.5, 0.6) is 0 Å². The number of carbonyl (C=O) groups excluding carboxylic acids is 2. The van der Waals surface area contributed by atoms with Crippen LogP contribution < -0.4 is 5.32 Å². The van der Waals surface area contributed by atoms with Crippen LogP contribution in [0.3, 0.4) is 0 Å². The van der Waals surface area contributed by atoms with Crippen molar-refractivity contribution in [2.24, 2.45) is 0 Å². The van der Waals surface area contributed by atoms with Crippen molar-refractivity contribution in [1.82, 2.24) is 5.32 Å². The van der Waals surface area contributed by atoms with E-state index in [1.165, 1.54) is 13.2 Å². The first-order valence-electron chi connectivity index (χ1n) is 7.58. The second-order valence-electron chi connectivity index (χ2n) is 5.62. The fourth-order valence-corrected chi connectivity index (χ4v) is 2.02. The number of amides is 1. The van der Waals surface area contributed by atoms with Gasteiger partial charge in [0, 0.05) is 0 Å². The highest BCUT2D eigenvalue weighted by Gasteiger charge is 2.19. The molecule has 0 fully saturated rings. The Morgan fingerprint density at radius 3 is 2.39 bits per heavy atom. The zero-order valence-corrected chi connectivity index (χ0v) is 13.5. The van der Waals surface area contributed by atoms with Gasteiger partial charge in [-0.05, 0) is 42.7 Å². The van der Waals surface area contributed by atoms with Crippen molar-refractivity contribution in [2.75, 3.05) is 0 Å². The molecule has 1 atom stereocenters. The molecule has 5 nitrogen and oxygen atoms in total. The number of carbonyl (C=O) groups is 2. The Labute approximate surface area is 135 Å². The minimum atomic E-state index is -0.873. The van der Waals surface area contributed by atoms with Crippen molar-refractivity contribution in [3.63, 3.8) is 0 Å². The van der Waals surface area contributed by atoms with Gasteiger partial charge in [0.1, 0.15) is 5.76 Å². The number of rotatable bonds is 6. The van der Waals surface area contributed by atoms with Crippen molar-refractivity contribution in [3.8, 4) is 0 Å². The Morgan fingerprint density at radius 2 is 1.83 bits per heavy atom. The van der Waals surface area contributed by atoms with Crippen LogP contribution in [0.2, 0.25) is 0 Å². The summed E-state index contributed by atoms with van der Waals surface area (Å²) in [6.45, 7) is 5.96. The van der Waals surface area contributed by atoms with E-state index in [0.29, 0.717) is 17.2 Å². The van der Waals surface area contributed by atoms with E-state index in [4.69, 9.17) is 9.15 Å². The van der Waals surface area contributed by atoms with E-state index >= 15 is 0 Å². The third kappa shape index (κ3) is 4.71. The van der Waals surface area contributed by atoms with Gasteiger partial charge in [-0.2, -0.15) is 0 Å². The molecular weight excluding hydrogens is 294 g/mol. The number of benzene rings is 1. The lowest BCUT2D eigenvalue weighted by molar-refractivity contribution is -0.129. The average Bonchev–Trinajstić information content (AvgIpc) is 3.05. The molecule has 1 N–H and O–H groups in total. The van der Waals surface area contributed by atoms with Gasteiger partial charge in [0.15, 0.2) is 6.10 Å². The van der Waals surface area contributed by atoms with E-state index in [1.807, 2.05) is 12.1 Å². The number of hydrogen-bond acceptors (Lipinski definition) is 4. The van der Waals surface area contributed by atoms with Gasteiger partial charge < -0.3 is 14.5 Å². The van der Waals surface area contributed by atoms with Crippen molar-refractivity contribution in [1.29, 1.82) is 0 Å².